The highest BCUT2D eigenvalue weighted by atomic mass is 16.6. The minimum Gasteiger partial charge on any atom is -0.289 e. The van der Waals surface area contributed by atoms with Gasteiger partial charge in [0.15, 0.2) is 5.78 Å². The van der Waals surface area contributed by atoms with Gasteiger partial charge < -0.3 is 0 Å². The highest BCUT2D eigenvalue weighted by Crippen LogP contribution is 2.46. The summed E-state index contributed by atoms with van der Waals surface area (Å²) < 4.78 is 0. The van der Waals surface area contributed by atoms with Crippen LogP contribution in [-0.2, 0) is 0 Å². The summed E-state index contributed by atoms with van der Waals surface area (Å²) in [6, 6.07) is 13.6. The highest BCUT2D eigenvalue weighted by molar-refractivity contribution is 6.10. The summed E-state index contributed by atoms with van der Waals surface area (Å²) in [5.41, 5.74) is 1.70. The molecule has 0 spiro atoms. The summed E-state index contributed by atoms with van der Waals surface area (Å²) in [6.45, 7) is 0. The van der Waals surface area contributed by atoms with E-state index >= 15 is 0 Å². The number of hydrogen-bond acceptors (Lipinski definition) is 3. The van der Waals surface area contributed by atoms with Gasteiger partial charge in [-0.25, -0.2) is 0 Å². The molecule has 0 heterocycles. The lowest BCUT2D eigenvalue weighted by molar-refractivity contribution is -0.385. The summed E-state index contributed by atoms with van der Waals surface area (Å²) >= 11 is 0. The Hall–Kier alpha value is -2.49. The van der Waals surface area contributed by atoms with Crippen LogP contribution in [0, 0.1) is 10.1 Å². The summed E-state index contributed by atoms with van der Waals surface area (Å²) in [6.07, 6.45) is 1.83. The molecular formula is C16H13NO3. The van der Waals surface area contributed by atoms with Crippen LogP contribution in [0.1, 0.15) is 40.2 Å². The third-order valence-electron chi connectivity index (χ3n) is 3.55. The third kappa shape index (κ3) is 2.20. The smallest absolute Gasteiger partial charge is 0.273 e. The average Bonchev–Trinajstić information content (AvgIpc) is 3.31. The van der Waals surface area contributed by atoms with Crippen molar-refractivity contribution in [3.05, 3.63) is 75.3 Å². The van der Waals surface area contributed by atoms with E-state index in [4.69, 9.17) is 0 Å². The minimum absolute atomic E-state index is 0.0641. The Balaban J connectivity index is 2.12. The first-order valence-corrected chi connectivity index (χ1v) is 6.55. The van der Waals surface area contributed by atoms with Crippen LogP contribution in [0.5, 0.6) is 0 Å². The van der Waals surface area contributed by atoms with Crippen molar-refractivity contribution in [3.8, 4) is 0 Å². The van der Waals surface area contributed by atoms with Crippen LogP contribution in [0.2, 0.25) is 0 Å². The van der Waals surface area contributed by atoms with Crippen molar-refractivity contribution in [2.75, 3.05) is 0 Å². The van der Waals surface area contributed by atoms with E-state index in [1.54, 1.807) is 36.4 Å². The molecular weight excluding hydrogens is 254 g/mol. The topological polar surface area (TPSA) is 60.2 Å². The molecule has 0 amide bonds. The maximum Gasteiger partial charge on any atom is 0.273 e. The van der Waals surface area contributed by atoms with Crippen LogP contribution in [0.25, 0.3) is 0 Å². The SMILES string of the molecule is O=C(c1ccccc1)c1cccc([N+](=O)[O-])c1C1CC1. The second-order valence-electron chi connectivity index (χ2n) is 4.96. The molecule has 0 saturated heterocycles. The van der Waals surface area contributed by atoms with E-state index in [0.717, 1.165) is 12.8 Å². The van der Waals surface area contributed by atoms with Crippen molar-refractivity contribution in [2.45, 2.75) is 18.8 Å². The number of benzene rings is 2. The summed E-state index contributed by atoms with van der Waals surface area (Å²) in [5.74, 6) is 0.00969. The Kier molecular flexibility index (Phi) is 3.06. The van der Waals surface area contributed by atoms with Crippen molar-refractivity contribution < 1.29 is 9.72 Å². The highest BCUT2D eigenvalue weighted by Gasteiger charge is 2.34. The molecule has 2 aromatic rings. The van der Waals surface area contributed by atoms with E-state index in [0.29, 0.717) is 16.7 Å². The minimum atomic E-state index is -0.393. The summed E-state index contributed by atoms with van der Waals surface area (Å²) in [4.78, 5) is 23.3. The van der Waals surface area contributed by atoms with Gasteiger partial charge >= 0.3 is 0 Å². The Labute approximate surface area is 116 Å². The molecule has 4 nitrogen and oxygen atoms in total. The number of ketones is 1. The lowest BCUT2D eigenvalue weighted by Crippen LogP contribution is -2.07. The zero-order valence-electron chi connectivity index (χ0n) is 10.8. The average molecular weight is 267 g/mol. The Bertz CT molecular complexity index is 675. The van der Waals surface area contributed by atoms with Crippen LogP contribution >= 0.6 is 0 Å². The summed E-state index contributed by atoms with van der Waals surface area (Å²) in [7, 11) is 0. The number of rotatable bonds is 4. The van der Waals surface area contributed by atoms with Gasteiger partial charge in [-0.3, -0.25) is 14.9 Å². The maximum atomic E-state index is 12.6. The molecule has 3 rings (SSSR count). The van der Waals surface area contributed by atoms with E-state index in [1.165, 1.54) is 6.07 Å². The van der Waals surface area contributed by atoms with Gasteiger partial charge in [-0.1, -0.05) is 42.5 Å². The van der Waals surface area contributed by atoms with Gasteiger partial charge in [0.1, 0.15) is 0 Å². The molecule has 0 unspecified atom stereocenters. The molecule has 2 aromatic carbocycles. The first kappa shape index (κ1) is 12.5. The van der Waals surface area contributed by atoms with Crippen molar-refractivity contribution in [2.24, 2.45) is 0 Å². The number of carbonyl (C=O) groups is 1. The molecule has 100 valence electrons. The number of carbonyl (C=O) groups excluding carboxylic acids is 1. The van der Waals surface area contributed by atoms with Crippen molar-refractivity contribution in [3.63, 3.8) is 0 Å². The molecule has 1 fully saturated rings. The second-order valence-corrected chi connectivity index (χ2v) is 4.96. The van der Waals surface area contributed by atoms with Crippen molar-refractivity contribution >= 4 is 11.5 Å². The van der Waals surface area contributed by atoms with Crippen LogP contribution in [-0.4, -0.2) is 10.7 Å². The molecule has 20 heavy (non-hydrogen) atoms. The van der Waals surface area contributed by atoms with Crippen LogP contribution in [0.4, 0.5) is 5.69 Å². The fourth-order valence-corrected chi connectivity index (χ4v) is 2.46. The maximum absolute atomic E-state index is 12.6. The van der Waals surface area contributed by atoms with Crippen molar-refractivity contribution in [1.82, 2.24) is 0 Å². The van der Waals surface area contributed by atoms with Crippen LogP contribution in [0.15, 0.2) is 48.5 Å². The zero-order chi connectivity index (χ0) is 14.1. The van der Waals surface area contributed by atoms with Gasteiger partial charge in [-0.05, 0) is 18.8 Å². The normalized spacial score (nSPS) is 14.0. The molecule has 0 aliphatic heterocycles. The lowest BCUT2D eigenvalue weighted by Gasteiger charge is -2.08. The standard InChI is InChI=1S/C16H13NO3/c18-16(12-5-2-1-3-6-12)13-7-4-8-14(17(19)20)15(13)11-9-10-11/h1-8,11H,9-10H2. The Morgan fingerprint density at radius 3 is 2.35 bits per heavy atom. The first-order chi connectivity index (χ1) is 9.68. The monoisotopic (exact) mass is 267 g/mol. The van der Waals surface area contributed by atoms with Gasteiger partial charge in [0.25, 0.3) is 5.69 Å². The molecule has 0 bridgehead atoms. The van der Waals surface area contributed by atoms with E-state index in [1.807, 2.05) is 6.07 Å². The van der Waals surface area contributed by atoms with Crippen LogP contribution < -0.4 is 0 Å². The van der Waals surface area contributed by atoms with Crippen LogP contribution in [0.3, 0.4) is 0 Å². The number of nitrogens with zero attached hydrogens (tertiary/aromatic N) is 1. The molecule has 1 aliphatic rings. The molecule has 0 N–H and O–H groups in total. The predicted molar refractivity (Wildman–Crippen MR) is 74.9 cm³/mol. The number of nitro groups is 1. The summed E-state index contributed by atoms with van der Waals surface area (Å²) in [5, 5.41) is 11.2. The third-order valence-corrected chi connectivity index (χ3v) is 3.55. The van der Waals surface area contributed by atoms with Gasteiger partial charge in [-0.2, -0.15) is 0 Å². The second kappa shape index (κ2) is 4.89. The Morgan fingerprint density at radius 1 is 1.05 bits per heavy atom. The molecule has 4 heteroatoms. The van der Waals surface area contributed by atoms with E-state index < -0.39 is 4.92 Å². The fourth-order valence-electron chi connectivity index (χ4n) is 2.46. The van der Waals surface area contributed by atoms with Gasteiger partial charge in [0.2, 0.25) is 0 Å². The largest absolute Gasteiger partial charge is 0.289 e. The molecule has 0 radical (unpaired) electrons. The van der Waals surface area contributed by atoms with E-state index in [9.17, 15) is 14.9 Å². The van der Waals surface area contributed by atoms with Gasteiger partial charge in [-0.15, -0.1) is 0 Å². The molecule has 1 saturated carbocycles. The lowest BCUT2D eigenvalue weighted by atomic mass is 9.94. The quantitative estimate of drug-likeness (QED) is 0.482. The van der Waals surface area contributed by atoms with E-state index in [-0.39, 0.29) is 17.4 Å². The number of hydrogen-bond donors (Lipinski definition) is 0. The van der Waals surface area contributed by atoms with Gasteiger partial charge in [0, 0.05) is 22.8 Å². The van der Waals surface area contributed by atoms with E-state index in [2.05, 4.69) is 0 Å². The molecule has 1 aliphatic carbocycles. The number of nitro benzene ring substituents is 1. The Morgan fingerprint density at radius 2 is 1.75 bits per heavy atom. The molecule has 0 aromatic heterocycles. The van der Waals surface area contributed by atoms with Crippen molar-refractivity contribution in [1.29, 1.82) is 0 Å². The van der Waals surface area contributed by atoms with Gasteiger partial charge in [0.05, 0.1) is 4.92 Å². The first-order valence-electron chi connectivity index (χ1n) is 6.55. The molecule has 0 atom stereocenters. The zero-order valence-corrected chi connectivity index (χ0v) is 10.8. The fraction of sp³-hybridized carbons (Fsp3) is 0.188. The predicted octanol–water partition coefficient (Wildman–Crippen LogP) is 3.70.